The Labute approximate surface area is 120 Å². The van der Waals surface area contributed by atoms with Crippen LogP contribution in [0.15, 0.2) is 6.07 Å². The molecule has 1 aromatic rings. The Morgan fingerprint density at radius 2 is 1.95 bits per heavy atom. The van der Waals surface area contributed by atoms with Gasteiger partial charge in [-0.05, 0) is 26.7 Å². The summed E-state index contributed by atoms with van der Waals surface area (Å²) in [5.41, 5.74) is 2.70. The molecule has 1 aliphatic carbocycles. The van der Waals surface area contributed by atoms with Gasteiger partial charge in [-0.1, -0.05) is 19.3 Å². The van der Waals surface area contributed by atoms with Gasteiger partial charge in [0.2, 0.25) is 0 Å². The van der Waals surface area contributed by atoms with Crippen LogP contribution in [0.25, 0.3) is 0 Å². The molecule has 20 heavy (non-hydrogen) atoms. The summed E-state index contributed by atoms with van der Waals surface area (Å²) in [4.78, 5) is 8.81. The Kier molecular flexibility index (Phi) is 5.14. The molecule has 4 N–H and O–H groups in total. The predicted octanol–water partition coefficient (Wildman–Crippen LogP) is 2.43. The molecule has 0 bridgehead atoms. The molecule has 0 aliphatic heterocycles. The van der Waals surface area contributed by atoms with Gasteiger partial charge in [-0.2, -0.15) is 0 Å². The average molecular weight is 279 g/mol. The number of nitrogens with zero attached hydrogens (tertiary/aromatic N) is 2. The minimum atomic E-state index is 0.112. The maximum absolute atomic E-state index is 5.47. The highest BCUT2D eigenvalue weighted by Gasteiger charge is 2.27. The predicted molar refractivity (Wildman–Crippen MR) is 80.3 cm³/mol. The zero-order valence-electron chi connectivity index (χ0n) is 12.4. The van der Waals surface area contributed by atoms with Gasteiger partial charge >= 0.3 is 0 Å². The molecular weight excluding hydrogens is 254 g/mol. The quantitative estimate of drug-likeness (QED) is 0.548. The van der Waals surface area contributed by atoms with Crippen molar-refractivity contribution in [2.24, 2.45) is 5.84 Å². The van der Waals surface area contributed by atoms with Crippen LogP contribution in [0.3, 0.4) is 0 Å². The van der Waals surface area contributed by atoms with Crippen molar-refractivity contribution < 1.29 is 4.74 Å². The lowest BCUT2D eigenvalue weighted by Gasteiger charge is -2.35. The third kappa shape index (κ3) is 4.05. The lowest BCUT2D eigenvalue weighted by Crippen LogP contribution is -2.37. The van der Waals surface area contributed by atoms with Gasteiger partial charge in [0.1, 0.15) is 18.2 Å². The van der Waals surface area contributed by atoms with E-state index in [1.54, 1.807) is 0 Å². The van der Waals surface area contributed by atoms with Crippen molar-refractivity contribution in [3.05, 3.63) is 11.9 Å². The number of anilines is 2. The van der Waals surface area contributed by atoms with E-state index in [4.69, 9.17) is 10.6 Å². The minimum absolute atomic E-state index is 0.112. The van der Waals surface area contributed by atoms with Crippen LogP contribution in [0.4, 0.5) is 11.6 Å². The van der Waals surface area contributed by atoms with E-state index < -0.39 is 0 Å². The number of nitrogens with one attached hydrogen (secondary N) is 2. The topological polar surface area (TPSA) is 85.1 Å². The van der Waals surface area contributed by atoms with Crippen LogP contribution in [0, 0.1) is 0 Å². The first-order valence-electron chi connectivity index (χ1n) is 7.36. The van der Waals surface area contributed by atoms with E-state index in [9.17, 15) is 0 Å². The number of nitrogens with two attached hydrogens (primary N) is 1. The average Bonchev–Trinajstić information content (AvgIpc) is 2.45. The van der Waals surface area contributed by atoms with Gasteiger partial charge in [0.05, 0.1) is 0 Å². The number of rotatable bonds is 6. The maximum atomic E-state index is 5.47. The molecule has 0 saturated heterocycles. The van der Waals surface area contributed by atoms with Crippen molar-refractivity contribution in [1.82, 2.24) is 9.97 Å². The van der Waals surface area contributed by atoms with Crippen molar-refractivity contribution in [2.75, 3.05) is 17.3 Å². The molecule has 1 saturated carbocycles. The highest BCUT2D eigenvalue weighted by Crippen LogP contribution is 2.31. The van der Waals surface area contributed by atoms with Crippen molar-refractivity contribution in [3.8, 4) is 0 Å². The van der Waals surface area contributed by atoms with Crippen LogP contribution in [-0.4, -0.2) is 22.1 Å². The zero-order chi connectivity index (χ0) is 14.4. The third-order valence-corrected chi connectivity index (χ3v) is 3.74. The number of aromatic nitrogens is 2. The van der Waals surface area contributed by atoms with Crippen molar-refractivity contribution in [2.45, 2.75) is 58.1 Å². The number of hydrazine groups is 1. The van der Waals surface area contributed by atoms with E-state index in [0.29, 0.717) is 24.9 Å². The molecule has 6 nitrogen and oxygen atoms in total. The summed E-state index contributed by atoms with van der Waals surface area (Å²) in [7, 11) is 0. The van der Waals surface area contributed by atoms with Crippen molar-refractivity contribution >= 4 is 11.6 Å². The molecule has 0 radical (unpaired) electrons. The molecular formula is C14H25N5O. The second-order valence-electron chi connectivity index (χ2n) is 5.58. The largest absolute Gasteiger partial charge is 0.374 e. The van der Waals surface area contributed by atoms with Crippen LogP contribution in [0.2, 0.25) is 0 Å². The van der Waals surface area contributed by atoms with Crippen LogP contribution in [0.1, 0.15) is 51.8 Å². The van der Waals surface area contributed by atoms with E-state index in [1.807, 2.05) is 13.0 Å². The van der Waals surface area contributed by atoms with Crippen molar-refractivity contribution in [1.29, 1.82) is 0 Å². The number of hydrogen-bond acceptors (Lipinski definition) is 6. The number of ether oxygens (including phenoxy) is 1. The molecule has 2 rings (SSSR count). The van der Waals surface area contributed by atoms with Crippen LogP contribution >= 0.6 is 0 Å². The summed E-state index contributed by atoms with van der Waals surface area (Å²) in [6.45, 7) is 5.25. The lowest BCUT2D eigenvalue weighted by molar-refractivity contribution is 0.128. The fraction of sp³-hybridized carbons (Fsp3) is 0.714. The lowest BCUT2D eigenvalue weighted by atomic mass is 9.83. The SMILES string of the molecule is CCOCc1nc(NN)cc(NC2(C)CCCCC2)n1. The van der Waals surface area contributed by atoms with Crippen molar-refractivity contribution in [3.63, 3.8) is 0 Å². The van der Waals surface area contributed by atoms with Gasteiger partial charge in [-0.3, -0.25) is 0 Å². The summed E-state index contributed by atoms with van der Waals surface area (Å²) in [5.74, 6) is 7.54. The second kappa shape index (κ2) is 6.85. The third-order valence-electron chi connectivity index (χ3n) is 3.74. The van der Waals surface area contributed by atoms with E-state index in [1.165, 1.54) is 32.1 Å². The zero-order valence-corrected chi connectivity index (χ0v) is 12.4. The maximum Gasteiger partial charge on any atom is 0.158 e. The van der Waals surface area contributed by atoms with Gasteiger partial charge in [0.15, 0.2) is 5.82 Å². The first-order chi connectivity index (χ1) is 9.65. The summed E-state index contributed by atoms with van der Waals surface area (Å²) >= 11 is 0. The Morgan fingerprint density at radius 1 is 1.25 bits per heavy atom. The smallest absolute Gasteiger partial charge is 0.158 e. The molecule has 0 aromatic carbocycles. The standard InChI is InChI=1S/C14H25N5O/c1-3-20-10-13-16-11(9-12(17-13)19-15)18-14(2)7-5-4-6-8-14/h9H,3-8,10,15H2,1-2H3,(H2,16,17,18,19). The molecule has 1 heterocycles. The monoisotopic (exact) mass is 279 g/mol. The molecule has 6 heteroatoms. The van der Waals surface area contributed by atoms with Crippen LogP contribution in [-0.2, 0) is 11.3 Å². The molecule has 1 aliphatic rings. The van der Waals surface area contributed by atoms with E-state index in [-0.39, 0.29) is 5.54 Å². The van der Waals surface area contributed by atoms with Gasteiger partial charge < -0.3 is 15.5 Å². The summed E-state index contributed by atoms with van der Waals surface area (Å²) in [5, 5.41) is 3.55. The second-order valence-corrected chi connectivity index (χ2v) is 5.58. The van der Waals surface area contributed by atoms with Gasteiger partial charge in [0.25, 0.3) is 0 Å². The highest BCUT2D eigenvalue weighted by atomic mass is 16.5. The first-order valence-corrected chi connectivity index (χ1v) is 7.36. The molecule has 0 atom stereocenters. The fourth-order valence-corrected chi connectivity index (χ4v) is 2.66. The van der Waals surface area contributed by atoms with Gasteiger partial charge in [-0.15, -0.1) is 0 Å². The molecule has 1 fully saturated rings. The van der Waals surface area contributed by atoms with Crippen LogP contribution < -0.4 is 16.6 Å². The number of nitrogen functional groups attached to an aromatic ring is 1. The Hall–Kier alpha value is -1.40. The van der Waals surface area contributed by atoms with E-state index in [0.717, 1.165) is 5.82 Å². The fourth-order valence-electron chi connectivity index (χ4n) is 2.66. The van der Waals surface area contributed by atoms with Gasteiger partial charge in [-0.25, -0.2) is 15.8 Å². The van der Waals surface area contributed by atoms with E-state index in [2.05, 4.69) is 27.6 Å². The Bertz CT molecular complexity index is 432. The highest BCUT2D eigenvalue weighted by molar-refractivity contribution is 5.48. The molecule has 0 unspecified atom stereocenters. The first kappa shape index (κ1) is 15.0. The Morgan fingerprint density at radius 3 is 2.60 bits per heavy atom. The number of hydrogen-bond donors (Lipinski definition) is 3. The van der Waals surface area contributed by atoms with Crippen LogP contribution in [0.5, 0.6) is 0 Å². The van der Waals surface area contributed by atoms with Gasteiger partial charge in [0, 0.05) is 18.2 Å². The summed E-state index contributed by atoms with van der Waals surface area (Å²) in [6, 6.07) is 1.84. The Balaban J connectivity index is 2.12. The molecule has 0 spiro atoms. The molecule has 0 amide bonds. The molecule has 1 aromatic heterocycles. The van der Waals surface area contributed by atoms with E-state index >= 15 is 0 Å². The summed E-state index contributed by atoms with van der Waals surface area (Å²) < 4.78 is 5.37. The summed E-state index contributed by atoms with van der Waals surface area (Å²) in [6.07, 6.45) is 6.20. The molecule has 112 valence electrons. The minimum Gasteiger partial charge on any atom is -0.374 e. The normalized spacial score (nSPS) is 17.8.